The van der Waals surface area contributed by atoms with Crippen LogP contribution in [0.2, 0.25) is 0 Å². The quantitative estimate of drug-likeness (QED) is 0.211. The van der Waals surface area contributed by atoms with Gasteiger partial charge in [-0.2, -0.15) is 8.78 Å². The van der Waals surface area contributed by atoms with Gasteiger partial charge in [-0.05, 0) is 72.5 Å². The highest BCUT2D eigenvalue weighted by molar-refractivity contribution is 6.35. The fraction of sp³-hybridized carbons (Fsp3) is 0.500. The van der Waals surface area contributed by atoms with Crippen molar-refractivity contribution >= 4 is 29.0 Å². The van der Waals surface area contributed by atoms with E-state index in [-0.39, 0.29) is 17.0 Å². The van der Waals surface area contributed by atoms with Gasteiger partial charge in [-0.3, -0.25) is 4.79 Å². The molecule has 0 radical (unpaired) electrons. The number of esters is 1. The van der Waals surface area contributed by atoms with Crippen molar-refractivity contribution in [3.05, 3.63) is 60.2 Å². The zero-order valence-electron chi connectivity index (χ0n) is 20.9. The third-order valence-corrected chi connectivity index (χ3v) is 7.34. The molecule has 0 aromatic heterocycles. The smallest absolute Gasteiger partial charge is 0.361 e. The fourth-order valence-corrected chi connectivity index (χ4v) is 5.14. The highest BCUT2D eigenvalue weighted by atomic mass is 35.5. The first kappa shape index (κ1) is 27.1. The van der Waals surface area contributed by atoms with Crippen LogP contribution in [0.5, 0.6) is 5.75 Å². The lowest BCUT2D eigenvalue weighted by atomic mass is 9.64. The molecule has 7 heteroatoms. The highest BCUT2D eigenvalue weighted by Crippen LogP contribution is 2.44. The summed E-state index contributed by atoms with van der Waals surface area (Å²) >= 11 is 5.40. The maximum absolute atomic E-state index is 14.4. The molecule has 0 heterocycles. The van der Waals surface area contributed by atoms with E-state index in [1.165, 1.54) is 26.2 Å². The van der Waals surface area contributed by atoms with Gasteiger partial charge in [0.1, 0.15) is 17.6 Å². The molecule has 1 saturated carbocycles. The Hall–Kier alpha value is -2.47. The second kappa shape index (κ2) is 11.1. The molecule has 1 aliphatic rings. The lowest BCUT2D eigenvalue weighted by molar-refractivity contribution is -0.159. The summed E-state index contributed by atoms with van der Waals surface area (Å²) in [5, 5.41) is -3.80. The Kier molecular flexibility index (Phi) is 8.58. The van der Waals surface area contributed by atoms with Crippen molar-refractivity contribution in [1.29, 1.82) is 0 Å². The molecule has 4 nitrogen and oxygen atoms in total. The van der Waals surface area contributed by atoms with Crippen LogP contribution in [0.1, 0.15) is 52.5 Å². The molecule has 1 unspecified atom stereocenters. The average Bonchev–Trinajstić information content (AvgIpc) is 2.82. The summed E-state index contributed by atoms with van der Waals surface area (Å²) in [7, 11) is 1.51. The maximum atomic E-state index is 14.4. The van der Waals surface area contributed by atoms with Gasteiger partial charge in [0.25, 0.3) is 0 Å². The van der Waals surface area contributed by atoms with Crippen LogP contribution in [0, 0.1) is 17.8 Å². The number of alkyl halides is 3. The van der Waals surface area contributed by atoms with Crippen molar-refractivity contribution in [2.24, 2.45) is 22.7 Å². The van der Waals surface area contributed by atoms with Gasteiger partial charge in [0, 0.05) is 5.92 Å². The Bertz CT molecular complexity index is 1020. The van der Waals surface area contributed by atoms with Gasteiger partial charge >= 0.3 is 11.4 Å². The summed E-state index contributed by atoms with van der Waals surface area (Å²) in [6, 6.07) is 16.4. The Labute approximate surface area is 211 Å². The third kappa shape index (κ3) is 6.60. The Morgan fingerprint density at radius 1 is 1.09 bits per heavy atom. The van der Waals surface area contributed by atoms with E-state index in [2.05, 4.69) is 37.9 Å². The molecule has 0 bridgehead atoms. The van der Waals surface area contributed by atoms with Gasteiger partial charge in [-0.15, -0.1) is 0 Å². The van der Waals surface area contributed by atoms with E-state index in [0.29, 0.717) is 18.1 Å². The van der Waals surface area contributed by atoms with Crippen molar-refractivity contribution in [2.75, 3.05) is 7.11 Å². The first-order valence-corrected chi connectivity index (χ1v) is 12.4. The van der Waals surface area contributed by atoms with Crippen molar-refractivity contribution in [3.63, 3.8) is 0 Å². The summed E-state index contributed by atoms with van der Waals surface area (Å²) in [6.45, 7) is 7.79. The fourth-order valence-electron chi connectivity index (χ4n) is 4.93. The highest BCUT2D eigenvalue weighted by Gasteiger charge is 2.45. The van der Waals surface area contributed by atoms with E-state index >= 15 is 0 Å². The molecule has 1 aliphatic carbocycles. The number of aliphatic imine (C=N–C) groups is 1. The Morgan fingerprint density at radius 3 is 2.29 bits per heavy atom. The second-order valence-electron chi connectivity index (χ2n) is 10.0. The van der Waals surface area contributed by atoms with Gasteiger partial charge in [0.2, 0.25) is 0 Å². The molecule has 190 valence electrons. The number of carbonyl (C=O) groups excluding carboxylic acids is 1. The van der Waals surface area contributed by atoms with Gasteiger partial charge < -0.3 is 9.47 Å². The number of halogens is 3. The monoisotopic (exact) mass is 505 g/mol. The Balaban J connectivity index is 1.85. The molecule has 35 heavy (non-hydrogen) atoms. The van der Waals surface area contributed by atoms with Gasteiger partial charge in [0.05, 0.1) is 18.7 Å². The van der Waals surface area contributed by atoms with Crippen LogP contribution in [0.4, 0.5) is 14.5 Å². The zero-order chi connectivity index (χ0) is 25.8. The van der Waals surface area contributed by atoms with E-state index in [0.717, 1.165) is 18.4 Å². The molecule has 3 rings (SSSR count). The van der Waals surface area contributed by atoms with E-state index < -0.39 is 29.1 Å². The summed E-state index contributed by atoms with van der Waals surface area (Å²) in [6.07, 6.45) is 2.19. The summed E-state index contributed by atoms with van der Waals surface area (Å²) in [4.78, 5) is 17.2. The molecule has 0 aliphatic heterocycles. The molecule has 4 atom stereocenters. The molecular formula is C28H34ClF2NO3. The number of hydrogen-bond acceptors (Lipinski definition) is 4. The number of benzene rings is 2. The third-order valence-electron chi connectivity index (χ3n) is 7.14. The normalized spacial score (nSPS) is 22.4. The van der Waals surface area contributed by atoms with E-state index in [1.54, 1.807) is 12.1 Å². The zero-order valence-corrected chi connectivity index (χ0v) is 21.7. The molecule has 2 aromatic carbocycles. The van der Waals surface area contributed by atoms with Crippen molar-refractivity contribution in [3.8, 4) is 5.75 Å². The van der Waals surface area contributed by atoms with Gasteiger partial charge in [-0.25, -0.2) is 4.99 Å². The number of rotatable bonds is 8. The number of hydrogen-bond donors (Lipinski definition) is 0. The van der Waals surface area contributed by atoms with Crippen molar-refractivity contribution in [2.45, 2.75) is 63.9 Å². The minimum Gasteiger partial charge on any atom is -0.497 e. The largest absolute Gasteiger partial charge is 0.497 e. The first-order valence-electron chi connectivity index (χ1n) is 12.0. The minimum absolute atomic E-state index is 0.0516. The molecule has 0 N–H and O–H groups in total. The Morgan fingerprint density at radius 2 is 1.71 bits per heavy atom. The topological polar surface area (TPSA) is 47.9 Å². The molecule has 1 fully saturated rings. The van der Waals surface area contributed by atoms with E-state index in [4.69, 9.17) is 21.1 Å². The van der Waals surface area contributed by atoms with Crippen LogP contribution in [-0.2, 0) is 14.9 Å². The lowest BCUT2D eigenvalue weighted by Gasteiger charge is -2.44. The summed E-state index contributed by atoms with van der Waals surface area (Å²) < 4.78 is 39.8. The van der Waals surface area contributed by atoms with Crippen molar-refractivity contribution in [1.82, 2.24) is 0 Å². The molecular weight excluding hydrogens is 472 g/mol. The SMILES string of the molecule is COc1ccc(N=C(C(C)C(=O)O[C@@H]2C[C@H](C)CC[C@H]2C(C)(C)c2ccccc2)C(F)(F)Cl)cc1. The number of nitrogens with zero attached hydrogens (tertiary/aromatic N) is 1. The second-order valence-corrected chi connectivity index (χ2v) is 10.5. The summed E-state index contributed by atoms with van der Waals surface area (Å²) in [5.74, 6) is -1.08. The minimum atomic E-state index is -3.80. The predicted molar refractivity (Wildman–Crippen MR) is 136 cm³/mol. The van der Waals surface area contributed by atoms with Gasteiger partial charge in [0.15, 0.2) is 0 Å². The maximum Gasteiger partial charge on any atom is 0.361 e. The predicted octanol–water partition coefficient (Wildman–Crippen LogP) is 7.56. The van der Waals surface area contributed by atoms with Crippen LogP contribution >= 0.6 is 11.6 Å². The number of methoxy groups -OCH3 is 1. The molecule has 0 saturated heterocycles. The van der Waals surface area contributed by atoms with Crippen LogP contribution in [-0.4, -0.2) is 30.3 Å². The van der Waals surface area contributed by atoms with Crippen LogP contribution < -0.4 is 4.74 Å². The standard InChI is InChI=1S/C28H34ClF2NO3/c1-18-11-16-23(27(3,4)20-9-7-6-8-10-20)24(17-18)35-26(33)19(2)25(28(29,30)31)32-21-12-14-22(34-5)15-13-21/h6-10,12-15,18-19,23-24H,11,16-17H2,1-5H3/t18-,19?,23-,24-/m1/s1. The number of carbonyl (C=O) groups is 1. The van der Waals surface area contributed by atoms with Crippen LogP contribution in [0.15, 0.2) is 59.6 Å². The molecule has 0 spiro atoms. The average molecular weight is 506 g/mol. The van der Waals surface area contributed by atoms with E-state index in [9.17, 15) is 13.6 Å². The van der Waals surface area contributed by atoms with Gasteiger partial charge in [-0.1, -0.05) is 57.5 Å². The lowest BCUT2D eigenvalue weighted by Crippen LogP contribution is -2.45. The van der Waals surface area contributed by atoms with Crippen LogP contribution in [0.3, 0.4) is 0 Å². The van der Waals surface area contributed by atoms with Crippen molar-refractivity contribution < 1.29 is 23.0 Å². The summed E-state index contributed by atoms with van der Waals surface area (Å²) in [5.41, 5.74) is 0.404. The molecule has 2 aromatic rings. The first-order chi connectivity index (χ1) is 16.4. The van der Waals surface area contributed by atoms with E-state index in [1.807, 2.05) is 18.2 Å². The number of ether oxygens (including phenoxy) is 2. The van der Waals surface area contributed by atoms with Crippen LogP contribution in [0.25, 0.3) is 0 Å². The molecule has 0 amide bonds.